The molecule has 1 aromatic carbocycles. The summed E-state index contributed by atoms with van der Waals surface area (Å²) in [5, 5.41) is 0. The molecule has 0 aromatic heterocycles. The van der Waals surface area contributed by atoms with Crippen LogP contribution in [0.4, 0.5) is 4.39 Å². The second kappa shape index (κ2) is 5.19. The first kappa shape index (κ1) is 13.0. The largest absolute Gasteiger partial charge is 0.366 e. The summed E-state index contributed by atoms with van der Waals surface area (Å²) in [5.74, 6) is 0.329. The van der Waals surface area contributed by atoms with E-state index in [0.29, 0.717) is 24.7 Å². The molecular formula is C15H19FO3. The minimum absolute atomic E-state index is 0.0647. The highest BCUT2D eigenvalue weighted by Gasteiger charge is 2.40. The lowest BCUT2D eigenvalue weighted by Crippen LogP contribution is -2.47. The molecule has 104 valence electrons. The third kappa shape index (κ3) is 3.14. The van der Waals surface area contributed by atoms with Crippen LogP contribution >= 0.6 is 0 Å². The zero-order valence-electron chi connectivity index (χ0n) is 11.1. The first-order valence-corrected chi connectivity index (χ1v) is 6.77. The van der Waals surface area contributed by atoms with E-state index < -0.39 is 5.60 Å². The molecule has 1 saturated heterocycles. The van der Waals surface area contributed by atoms with E-state index in [1.807, 2.05) is 6.92 Å². The standard InChI is InChI=1S/C15H19FO3/c1-15(9-17-14(18-10-15)11-6-7-11)19-8-12-4-2-3-5-13(12)16/h2-5,11,14H,6-10H2,1H3. The van der Waals surface area contributed by atoms with Crippen molar-refractivity contribution in [2.24, 2.45) is 5.92 Å². The van der Waals surface area contributed by atoms with E-state index in [1.165, 1.54) is 18.9 Å². The molecule has 0 amide bonds. The summed E-state index contributed by atoms with van der Waals surface area (Å²) in [6.07, 6.45) is 2.32. The maximum absolute atomic E-state index is 13.5. The second-order valence-corrected chi connectivity index (χ2v) is 5.66. The Morgan fingerprint density at radius 2 is 1.95 bits per heavy atom. The highest BCUT2D eigenvalue weighted by atomic mass is 19.1. The lowest BCUT2D eigenvalue weighted by atomic mass is 10.1. The fourth-order valence-corrected chi connectivity index (χ4v) is 2.20. The number of halogens is 1. The van der Waals surface area contributed by atoms with Gasteiger partial charge in [-0.05, 0) is 25.8 Å². The lowest BCUT2D eigenvalue weighted by Gasteiger charge is -2.37. The maximum atomic E-state index is 13.5. The molecule has 0 unspecified atom stereocenters. The topological polar surface area (TPSA) is 27.7 Å². The van der Waals surface area contributed by atoms with Gasteiger partial charge >= 0.3 is 0 Å². The van der Waals surface area contributed by atoms with Crippen molar-refractivity contribution in [3.05, 3.63) is 35.6 Å². The molecule has 0 bridgehead atoms. The average molecular weight is 266 g/mol. The van der Waals surface area contributed by atoms with Gasteiger partial charge in [0.2, 0.25) is 0 Å². The Morgan fingerprint density at radius 3 is 2.58 bits per heavy atom. The summed E-state index contributed by atoms with van der Waals surface area (Å²) in [7, 11) is 0. The van der Waals surface area contributed by atoms with E-state index in [0.717, 1.165) is 0 Å². The van der Waals surface area contributed by atoms with Crippen molar-refractivity contribution in [2.45, 2.75) is 38.3 Å². The van der Waals surface area contributed by atoms with Crippen molar-refractivity contribution in [1.29, 1.82) is 0 Å². The molecule has 0 atom stereocenters. The molecule has 1 aromatic rings. The van der Waals surface area contributed by atoms with E-state index in [1.54, 1.807) is 18.2 Å². The second-order valence-electron chi connectivity index (χ2n) is 5.66. The van der Waals surface area contributed by atoms with Crippen molar-refractivity contribution in [3.63, 3.8) is 0 Å². The van der Waals surface area contributed by atoms with Gasteiger partial charge in [0.1, 0.15) is 11.4 Å². The molecular weight excluding hydrogens is 247 g/mol. The zero-order valence-corrected chi connectivity index (χ0v) is 11.1. The van der Waals surface area contributed by atoms with Gasteiger partial charge in [-0.15, -0.1) is 0 Å². The number of ether oxygens (including phenoxy) is 3. The minimum Gasteiger partial charge on any atom is -0.366 e. The Morgan fingerprint density at radius 1 is 1.26 bits per heavy atom. The number of benzene rings is 1. The molecule has 0 spiro atoms. The highest BCUT2D eigenvalue weighted by molar-refractivity contribution is 5.16. The van der Waals surface area contributed by atoms with E-state index in [9.17, 15) is 4.39 Å². The van der Waals surface area contributed by atoms with Gasteiger partial charge in [0.15, 0.2) is 6.29 Å². The summed E-state index contributed by atoms with van der Waals surface area (Å²) in [4.78, 5) is 0. The van der Waals surface area contributed by atoms with Gasteiger partial charge in [-0.2, -0.15) is 0 Å². The predicted octanol–water partition coefficient (Wildman–Crippen LogP) is 2.88. The summed E-state index contributed by atoms with van der Waals surface area (Å²) in [6.45, 7) is 3.19. The summed E-state index contributed by atoms with van der Waals surface area (Å²) >= 11 is 0. The van der Waals surface area contributed by atoms with Gasteiger partial charge in [0, 0.05) is 11.5 Å². The normalized spacial score (nSPS) is 31.4. The molecule has 1 aliphatic carbocycles. The Hall–Kier alpha value is -0.970. The third-order valence-corrected chi connectivity index (χ3v) is 3.65. The molecule has 2 aliphatic rings. The average Bonchev–Trinajstić information content (AvgIpc) is 3.23. The molecule has 1 heterocycles. The molecule has 2 fully saturated rings. The van der Waals surface area contributed by atoms with Crippen LogP contribution in [0.2, 0.25) is 0 Å². The molecule has 4 heteroatoms. The van der Waals surface area contributed by atoms with Crippen LogP contribution in [0.1, 0.15) is 25.3 Å². The monoisotopic (exact) mass is 266 g/mol. The Balaban J connectivity index is 1.53. The highest BCUT2D eigenvalue weighted by Crippen LogP contribution is 2.37. The quantitative estimate of drug-likeness (QED) is 0.838. The predicted molar refractivity (Wildman–Crippen MR) is 68.0 cm³/mol. The molecule has 1 saturated carbocycles. The van der Waals surface area contributed by atoms with E-state index >= 15 is 0 Å². The lowest BCUT2D eigenvalue weighted by molar-refractivity contribution is -0.269. The summed E-state index contributed by atoms with van der Waals surface area (Å²) in [6, 6.07) is 6.66. The van der Waals surface area contributed by atoms with Crippen molar-refractivity contribution in [1.82, 2.24) is 0 Å². The molecule has 3 nitrogen and oxygen atoms in total. The van der Waals surface area contributed by atoms with Crippen LogP contribution in [0.15, 0.2) is 24.3 Å². The van der Waals surface area contributed by atoms with Crippen molar-refractivity contribution in [2.75, 3.05) is 13.2 Å². The van der Waals surface area contributed by atoms with Gasteiger partial charge in [-0.3, -0.25) is 0 Å². The fourth-order valence-electron chi connectivity index (χ4n) is 2.20. The van der Waals surface area contributed by atoms with Crippen LogP contribution in [0.3, 0.4) is 0 Å². The smallest absolute Gasteiger partial charge is 0.160 e. The Labute approximate surface area is 112 Å². The Bertz CT molecular complexity index is 437. The van der Waals surface area contributed by atoms with Gasteiger partial charge < -0.3 is 14.2 Å². The van der Waals surface area contributed by atoms with Gasteiger partial charge in [-0.25, -0.2) is 4.39 Å². The Kier molecular flexibility index (Phi) is 3.56. The number of hydrogen-bond acceptors (Lipinski definition) is 3. The summed E-state index contributed by atoms with van der Waals surface area (Å²) in [5.41, 5.74) is 0.0706. The van der Waals surface area contributed by atoms with E-state index in [2.05, 4.69) is 0 Å². The van der Waals surface area contributed by atoms with Crippen LogP contribution in [0, 0.1) is 11.7 Å². The van der Waals surface area contributed by atoms with Crippen molar-refractivity contribution >= 4 is 0 Å². The molecule has 19 heavy (non-hydrogen) atoms. The third-order valence-electron chi connectivity index (χ3n) is 3.65. The minimum atomic E-state index is -0.492. The van der Waals surface area contributed by atoms with Gasteiger partial charge in [-0.1, -0.05) is 18.2 Å². The molecule has 0 N–H and O–H groups in total. The van der Waals surface area contributed by atoms with Crippen LogP contribution in [-0.2, 0) is 20.8 Å². The van der Waals surface area contributed by atoms with Crippen molar-refractivity contribution < 1.29 is 18.6 Å². The number of hydrogen-bond donors (Lipinski definition) is 0. The van der Waals surface area contributed by atoms with Crippen LogP contribution < -0.4 is 0 Å². The summed E-state index contributed by atoms with van der Waals surface area (Å²) < 4.78 is 30.7. The van der Waals surface area contributed by atoms with Crippen LogP contribution in [0.5, 0.6) is 0 Å². The first-order valence-electron chi connectivity index (χ1n) is 6.77. The first-order chi connectivity index (χ1) is 9.16. The van der Waals surface area contributed by atoms with Crippen LogP contribution in [0.25, 0.3) is 0 Å². The molecule has 0 radical (unpaired) electrons. The number of rotatable bonds is 4. The van der Waals surface area contributed by atoms with Crippen molar-refractivity contribution in [3.8, 4) is 0 Å². The zero-order chi connectivity index (χ0) is 13.3. The van der Waals surface area contributed by atoms with E-state index in [-0.39, 0.29) is 18.7 Å². The fraction of sp³-hybridized carbons (Fsp3) is 0.600. The molecule has 3 rings (SSSR count). The molecule has 1 aliphatic heterocycles. The maximum Gasteiger partial charge on any atom is 0.160 e. The van der Waals surface area contributed by atoms with Gasteiger partial charge in [0.05, 0.1) is 19.8 Å². The van der Waals surface area contributed by atoms with Gasteiger partial charge in [0.25, 0.3) is 0 Å². The van der Waals surface area contributed by atoms with Crippen LogP contribution in [-0.4, -0.2) is 25.1 Å². The SMILES string of the molecule is CC1(OCc2ccccc2F)COC(C2CC2)OC1. The van der Waals surface area contributed by atoms with E-state index in [4.69, 9.17) is 14.2 Å².